The monoisotopic (exact) mass is 364 g/mol. The van der Waals surface area contributed by atoms with Crippen LogP contribution in [0.4, 0.5) is 5.69 Å². The summed E-state index contributed by atoms with van der Waals surface area (Å²) >= 11 is 0. The van der Waals surface area contributed by atoms with E-state index in [4.69, 9.17) is 4.74 Å². The number of ether oxygens (including phenoxy) is 1. The van der Waals surface area contributed by atoms with E-state index in [1.165, 1.54) is 23.6 Å². The number of amides is 2. The van der Waals surface area contributed by atoms with E-state index in [0.29, 0.717) is 6.54 Å². The van der Waals surface area contributed by atoms with Gasteiger partial charge >= 0.3 is 0 Å². The molecule has 0 atom stereocenters. The summed E-state index contributed by atoms with van der Waals surface area (Å²) in [5.41, 5.74) is 4.43. The molecule has 3 rings (SSSR count). The third-order valence-electron chi connectivity index (χ3n) is 4.58. The Morgan fingerprint density at radius 3 is 2.63 bits per heavy atom. The maximum Gasteiger partial charge on any atom is 0.244 e. The Morgan fingerprint density at radius 2 is 1.85 bits per heavy atom. The zero-order valence-corrected chi connectivity index (χ0v) is 15.5. The van der Waals surface area contributed by atoms with Crippen molar-refractivity contribution in [2.24, 2.45) is 0 Å². The molecule has 1 aliphatic rings. The van der Waals surface area contributed by atoms with Gasteiger partial charge in [-0.05, 0) is 66.3 Å². The minimum absolute atomic E-state index is 0.104. The van der Waals surface area contributed by atoms with Gasteiger partial charge in [-0.2, -0.15) is 0 Å². The maximum atomic E-state index is 12.0. The Bertz CT molecular complexity index is 841. The van der Waals surface area contributed by atoms with E-state index < -0.39 is 0 Å². The number of nitrogens with one attached hydrogen (secondary N) is 2. The fraction of sp³-hybridized carbons (Fsp3) is 0.273. The zero-order valence-electron chi connectivity index (χ0n) is 15.5. The second kappa shape index (κ2) is 9.03. The summed E-state index contributed by atoms with van der Waals surface area (Å²) in [7, 11) is 1.61. The van der Waals surface area contributed by atoms with Crippen molar-refractivity contribution in [2.75, 3.05) is 19.0 Å². The van der Waals surface area contributed by atoms with E-state index in [1.807, 2.05) is 30.3 Å². The number of benzene rings is 2. The van der Waals surface area contributed by atoms with Gasteiger partial charge in [0, 0.05) is 24.7 Å². The standard InChI is InChI=1S/C22H24N2O3/c1-27-20-10-5-16(6-11-20)7-12-21(25)23-14-13-22(26)24-19-9-8-17-3-2-4-18(17)15-19/h5-12,15H,2-4,13-14H2,1H3,(H,23,25)(H,24,26)/b12-7+. The molecule has 0 spiro atoms. The van der Waals surface area contributed by atoms with E-state index in [1.54, 1.807) is 13.2 Å². The summed E-state index contributed by atoms with van der Waals surface area (Å²) in [6.45, 7) is 0.294. The van der Waals surface area contributed by atoms with Crippen LogP contribution in [0.1, 0.15) is 29.5 Å². The van der Waals surface area contributed by atoms with Crippen molar-refractivity contribution in [1.29, 1.82) is 0 Å². The first kappa shape index (κ1) is 18.7. The van der Waals surface area contributed by atoms with E-state index in [9.17, 15) is 9.59 Å². The molecule has 0 aromatic heterocycles. The van der Waals surface area contributed by atoms with Gasteiger partial charge in [0.05, 0.1) is 7.11 Å². The summed E-state index contributed by atoms with van der Waals surface area (Å²) in [6.07, 6.45) is 6.80. The average Bonchev–Trinajstić information content (AvgIpc) is 3.14. The SMILES string of the molecule is COc1ccc(/C=C/C(=O)NCCC(=O)Nc2ccc3c(c2)CCC3)cc1. The molecular weight excluding hydrogens is 340 g/mol. The number of aryl methyl sites for hydroxylation is 2. The smallest absolute Gasteiger partial charge is 0.244 e. The van der Waals surface area contributed by atoms with E-state index >= 15 is 0 Å². The molecule has 0 aliphatic heterocycles. The van der Waals surface area contributed by atoms with Crippen molar-refractivity contribution in [1.82, 2.24) is 5.32 Å². The largest absolute Gasteiger partial charge is 0.497 e. The number of carbonyl (C=O) groups is 2. The van der Waals surface area contributed by atoms with E-state index in [-0.39, 0.29) is 18.2 Å². The summed E-state index contributed by atoms with van der Waals surface area (Å²) in [5, 5.41) is 5.62. The highest BCUT2D eigenvalue weighted by Gasteiger charge is 2.11. The van der Waals surface area contributed by atoms with Crippen LogP contribution >= 0.6 is 0 Å². The molecular formula is C22H24N2O3. The van der Waals surface area contributed by atoms with Gasteiger partial charge in [-0.15, -0.1) is 0 Å². The molecule has 0 unspecified atom stereocenters. The lowest BCUT2D eigenvalue weighted by Crippen LogP contribution is -2.26. The zero-order chi connectivity index (χ0) is 19.1. The van der Waals surface area contributed by atoms with Gasteiger partial charge in [0.15, 0.2) is 0 Å². The first-order valence-corrected chi connectivity index (χ1v) is 9.15. The van der Waals surface area contributed by atoms with Crippen molar-refractivity contribution in [3.63, 3.8) is 0 Å². The number of rotatable bonds is 7. The van der Waals surface area contributed by atoms with Crippen molar-refractivity contribution < 1.29 is 14.3 Å². The third-order valence-corrected chi connectivity index (χ3v) is 4.58. The molecule has 0 radical (unpaired) electrons. The molecule has 0 heterocycles. The third kappa shape index (κ3) is 5.45. The fourth-order valence-corrected chi connectivity index (χ4v) is 3.12. The predicted molar refractivity (Wildman–Crippen MR) is 107 cm³/mol. The second-order valence-electron chi connectivity index (χ2n) is 6.53. The normalized spacial score (nSPS) is 12.6. The molecule has 5 heteroatoms. The molecule has 2 N–H and O–H groups in total. The van der Waals surface area contributed by atoms with Crippen LogP contribution in [0.3, 0.4) is 0 Å². The number of methoxy groups -OCH3 is 1. The molecule has 140 valence electrons. The maximum absolute atomic E-state index is 12.0. The number of anilines is 1. The van der Waals surface area contributed by atoms with E-state index in [2.05, 4.69) is 22.8 Å². The summed E-state index contributed by atoms with van der Waals surface area (Å²) in [6, 6.07) is 13.5. The summed E-state index contributed by atoms with van der Waals surface area (Å²) in [5.74, 6) is 0.439. The van der Waals surface area contributed by atoms with Gasteiger partial charge in [0.2, 0.25) is 11.8 Å². The van der Waals surface area contributed by atoms with Gasteiger partial charge < -0.3 is 15.4 Å². The summed E-state index contributed by atoms with van der Waals surface area (Å²) in [4.78, 5) is 23.9. The lowest BCUT2D eigenvalue weighted by Gasteiger charge is -2.08. The van der Waals surface area contributed by atoms with Crippen LogP contribution in [0.25, 0.3) is 6.08 Å². The van der Waals surface area contributed by atoms with Crippen LogP contribution < -0.4 is 15.4 Å². The second-order valence-corrected chi connectivity index (χ2v) is 6.53. The minimum Gasteiger partial charge on any atom is -0.497 e. The highest BCUT2D eigenvalue weighted by molar-refractivity contribution is 5.93. The van der Waals surface area contributed by atoms with Crippen LogP contribution in [-0.2, 0) is 22.4 Å². The van der Waals surface area contributed by atoms with Crippen molar-refractivity contribution in [3.05, 3.63) is 65.2 Å². The predicted octanol–water partition coefficient (Wildman–Crippen LogP) is 3.34. The molecule has 0 saturated heterocycles. The Hall–Kier alpha value is -3.08. The van der Waals surface area contributed by atoms with Crippen LogP contribution in [0.2, 0.25) is 0 Å². The molecule has 1 aliphatic carbocycles. The Kier molecular flexibility index (Phi) is 6.26. The average molecular weight is 364 g/mol. The van der Waals surface area contributed by atoms with Gasteiger partial charge in [0.1, 0.15) is 5.75 Å². The first-order valence-electron chi connectivity index (χ1n) is 9.15. The quantitative estimate of drug-likeness (QED) is 0.741. The lowest BCUT2D eigenvalue weighted by molar-refractivity contribution is -0.117. The molecule has 0 bridgehead atoms. The molecule has 27 heavy (non-hydrogen) atoms. The number of fused-ring (bicyclic) bond motifs is 1. The van der Waals surface area contributed by atoms with Crippen LogP contribution in [-0.4, -0.2) is 25.5 Å². The van der Waals surface area contributed by atoms with E-state index in [0.717, 1.165) is 29.8 Å². The van der Waals surface area contributed by atoms with Gasteiger partial charge in [-0.1, -0.05) is 18.2 Å². The van der Waals surface area contributed by atoms with Gasteiger partial charge in [0.25, 0.3) is 0 Å². The fourth-order valence-electron chi connectivity index (χ4n) is 3.12. The van der Waals surface area contributed by atoms with Crippen LogP contribution in [0, 0.1) is 0 Å². The minimum atomic E-state index is -0.226. The number of hydrogen-bond acceptors (Lipinski definition) is 3. The van der Waals surface area contributed by atoms with Crippen molar-refractivity contribution >= 4 is 23.6 Å². The Morgan fingerprint density at radius 1 is 1.07 bits per heavy atom. The molecule has 2 aromatic carbocycles. The molecule has 0 fully saturated rings. The Labute approximate surface area is 159 Å². The van der Waals surface area contributed by atoms with Crippen molar-refractivity contribution in [3.8, 4) is 5.75 Å². The molecule has 5 nitrogen and oxygen atoms in total. The number of carbonyl (C=O) groups excluding carboxylic acids is 2. The van der Waals surface area contributed by atoms with Gasteiger partial charge in [-0.25, -0.2) is 0 Å². The highest BCUT2D eigenvalue weighted by atomic mass is 16.5. The molecule has 0 saturated carbocycles. The topological polar surface area (TPSA) is 67.4 Å². The molecule has 2 aromatic rings. The lowest BCUT2D eigenvalue weighted by atomic mass is 10.1. The molecule has 2 amide bonds. The number of hydrogen-bond donors (Lipinski definition) is 2. The highest BCUT2D eigenvalue weighted by Crippen LogP contribution is 2.24. The van der Waals surface area contributed by atoms with Crippen LogP contribution in [0.15, 0.2) is 48.5 Å². The van der Waals surface area contributed by atoms with Crippen LogP contribution in [0.5, 0.6) is 5.75 Å². The Balaban J connectivity index is 1.40. The van der Waals surface area contributed by atoms with Crippen molar-refractivity contribution in [2.45, 2.75) is 25.7 Å². The first-order chi connectivity index (χ1) is 13.1. The summed E-state index contributed by atoms with van der Waals surface area (Å²) < 4.78 is 5.09. The van der Waals surface area contributed by atoms with Gasteiger partial charge in [-0.3, -0.25) is 9.59 Å².